The van der Waals surface area contributed by atoms with Gasteiger partial charge in [-0.1, -0.05) is 12.1 Å². The van der Waals surface area contributed by atoms with Crippen molar-refractivity contribution in [2.75, 3.05) is 12.9 Å². The first-order valence-corrected chi connectivity index (χ1v) is 7.50. The number of nitrogens with two attached hydrogens (primary N) is 1. The summed E-state index contributed by atoms with van der Waals surface area (Å²) in [5, 5.41) is 0. The van der Waals surface area contributed by atoms with Crippen LogP contribution in [-0.4, -0.2) is 21.3 Å². The van der Waals surface area contributed by atoms with E-state index in [1.165, 1.54) is 6.26 Å². The van der Waals surface area contributed by atoms with Gasteiger partial charge in [0.15, 0.2) is 9.84 Å². The molecule has 1 aromatic rings. The Bertz CT molecular complexity index is 549. The first-order valence-electron chi connectivity index (χ1n) is 5.61. The normalized spacial score (nSPS) is 17.1. The number of nitrogens with one attached hydrogen (secondary N) is 1. The summed E-state index contributed by atoms with van der Waals surface area (Å²) in [4.78, 5) is 0.295. The summed E-state index contributed by atoms with van der Waals surface area (Å²) in [6.07, 6.45) is 4.03. The van der Waals surface area contributed by atoms with E-state index in [0.717, 1.165) is 17.7 Å². The summed E-state index contributed by atoms with van der Waals surface area (Å²) in [6.45, 7) is 0.662. The van der Waals surface area contributed by atoms with Crippen LogP contribution in [0.25, 0.3) is 0 Å². The van der Waals surface area contributed by atoms with Crippen molar-refractivity contribution in [1.82, 2.24) is 5.43 Å². The first kappa shape index (κ1) is 13.1. The van der Waals surface area contributed by atoms with Crippen LogP contribution in [0.3, 0.4) is 0 Å². The molecule has 0 fully saturated rings. The summed E-state index contributed by atoms with van der Waals surface area (Å²) in [5.41, 5.74) is 3.55. The van der Waals surface area contributed by atoms with Crippen LogP contribution >= 0.6 is 0 Å². The zero-order valence-electron chi connectivity index (χ0n) is 10.1. The van der Waals surface area contributed by atoms with Crippen molar-refractivity contribution in [3.8, 4) is 0 Å². The Labute approximate surface area is 107 Å². The second-order valence-corrected chi connectivity index (χ2v) is 6.20. The summed E-state index contributed by atoms with van der Waals surface area (Å²) in [7, 11) is -3.17. The predicted molar refractivity (Wildman–Crippen MR) is 68.3 cm³/mol. The molecule has 1 aromatic carbocycles. The van der Waals surface area contributed by atoms with Gasteiger partial charge in [-0.25, -0.2) is 13.8 Å². The van der Waals surface area contributed by atoms with Gasteiger partial charge in [0, 0.05) is 12.7 Å². The highest BCUT2D eigenvalue weighted by molar-refractivity contribution is 7.90. The minimum absolute atomic E-state index is 0.235. The topological polar surface area (TPSA) is 81.4 Å². The SMILES string of the molecule is CS(=O)(=O)c1ccc(C(NN)C2=CCCO2)cc1. The number of benzene rings is 1. The fourth-order valence-corrected chi connectivity index (χ4v) is 2.52. The summed E-state index contributed by atoms with van der Waals surface area (Å²) >= 11 is 0. The van der Waals surface area contributed by atoms with Gasteiger partial charge >= 0.3 is 0 Å². The molecule has 1 heterocycles. The summed E-state index contributed by atoms with van der Waals surface area (Å²) in [6, 6.07) is 6.39. The fourth-order valence-electron chi connectivity index (χ4n) is 1.89. The van der Waals surface area contributed by atoms with Gasteiger partial charge in [-0.15, -0.1) is 0 Å². The molecule has 98 valence electrons. The Balaban J connectivity index is 2.27. The van der Waals surface area contributed by atoms with Crippen LogP contribution in [0.4, 0.5) is 0 Å². The Kier molecular flexibility index (Phi) is 3.70. The second-order valence-electron chi connectivity index (χ2n) is 4.18. The van der Waals surface area contributed by atoms with Crippen LogP contribution in [0, 0.1) is 0 Å². The van der Waals surface area contributed by atoms with Crippen LogP contribution in [0.5, 0.6) is 0 Å². The molecule has 0 aromatic heterocycles. The number of rotatable bonds is 4. The number of ether oxygens (including phenoxy) is 1. The minimum Gasteiger partial charge on any atom is -0.496 e. The highest BCUT2D eigenvalue weighted by atomic mass is 32.2. The summed E-state index contributed by atoms with van der Waals surface area (Å²) < 4.78 is 28.2. The standard InChI is InChI=1S/C12H16N2O3S/c1-18(15,16)10-6-4-9(5-7-10)12(14-13)11-3-2-8-17-11/h3-7,12,14H,2,8,13H2,1H3. The fraction of sp³-hybridized carbons (Fsp3) is 0.333. The molecular formula is C12H16N2O3S. The third kappa shape index (κ3) is 2.72. The van der Waals surface area contributed by atoms with Gasteiger partial charge in [-0.3, -0.25) is 5.84 Å². The Morgan fingerprint density at radius 2 is 2.00 bits per heavy atom. The highest BCUT2D eigenvalue weighted by Gasteiger charge is 2.19. The lowest BCUT2D eigenvalue weighted by atomic mass is 10.1. The van der Waals surface area contributed by atoms with E-state index in [1.54, 1.807) is 24.3 Å². The van der Waals surface area contributed by atoms with E-state index in [4.69, 9.17) is 10.6 Å². The van der Waals surface area contributed by atoms with Crippen molar-refractivity contribution in [2.45, 2.75) is 17.4 Å². The lowest BCUT2D eigenvalue weighted by Gasteiger charge is -2.17. The molecule has 1 unspecified atom stereocenters. The van der Waals surface area contributed by atoms with Crippen molar-refractivity contribution < 1.29 is 13.2 Å². The lowest BCUT2D eigenvalue weighted by molar-refractivity contribution is 0.215. The van der Waals surface area contributed by atoms with Gasteiger partial charge in [0.2, 0.25) is 0 Å². The minimum atomic E-state index is -3.17. The quantitative estimate of drug-likeness (QED) is 0.626. The largest absolute Gasteiger partial charge is 0.496 e. The average molecular weight is 268 g/mol. The molecule has 0 bridgehead atoms. The van der Waals surface area contributed by atoms with Gasteiger partial charge in [-0.2, -0.15) is 0 Å². The highest BCUT2D eigenvalue weighted by Crippen LogP contribution is 2.26. The van der Waals surface area contributed by atoms with Crippen molar-refractivity contribution in [3.63, 3.8) is 0 Å². The Hall–Kier alpha value is -1.37. The van der Waals surface area contributed by atoms with Crippen molar-refractivity contribution in [1.29, 1.82) is 0 Å². The van der Waals surface area contributed by atoms with Crippen LogP contribution in [0.15, 0.2) is 41.0 Å². The van der Waals surface area contributed by atoms with Gasteiger partial charge in [0.25, 0.3) is 0 Å². The van der Waals surface area contributed by atoms with Crippen LogP contribution in [-0.2, 0) is 14.6 Å². The van der Waals surface area contributed by atoms with E-state index >= 15 is 0 Å². The third-order valence-corrected chi connectivity index (χ3v) is 3.95. The number of hydrogen-bond acceptors (Lipinski definition) is 5. The second kappa shape index (κ2) is 5.09. The predicted octanol–water partition coefficient (Wildman–Crippen LogP) is 0.899. The molecule has 1 atom stereocenters. The molecule has 1 aliphatic heterocycles. The third-order valence-electron chi connectivity index (χ3n) is 2.82. The molecule has 0 saturated heterocycles. The first-order chi connectivity index (χ1) is 8.52. The van der Waals surface area contributed by atoms with E-state index in [9.17, 15) is 8.42 Å². The van der Waals surface area contributed by atoms with Gasteiger partial charge in [0.1, 0.15) is 11.8 Å². The number of sulfone groups is 1. The molecule has 1 aliphatic rings. The molecule has 0 radical (unpaired) electrons. The molecule has 18 heavy (non-hydrogen) atoms. The molecule has 2 rings (SSSR count). The average Bonchev–Trinajstić information content (AvgIpc) is 2.83. The maximum absolute atomic E-state index is 11.4. The molecular weight excluding hydrogens is 252 g/mol. The maximum atomic E-state index is 11.4. The van der Waals surface area contributed by atoms with E-state index in [0.29, 0.717) is 11.5 Å². The van der Waals surface area contributed by atoms with E-state index in [1.807, 2.05) is 6.08 Å². The van der Waals surface area contributed by atoms with Crippen molar-refractivity contribution >= 4 is 9.84 Å². The maximum Gasteiger partial charge on any atom is 0.175 e. The smallest absolute Gasteiger partial charge is 0.175 e. The molecule has 3 N–H and O–H groups in total. The zero-order chi connectivity index (χ0) is 13.2. The van der Waals surface area contributed by atoms with Gasteiger partial charge < -0.3 is 4.74 Å². The van der Waals surface area contributed by atoms with Gasteiger partial charge in [-0.05, 0) is 23.8 Å². The van der Waals surface area contributed by atoms with E-state index in [-0.39, 0.29) is 6.04 Å². The van der Waals surface area contributed by atoms with Gasteiger partial charge in [0.05, 0.1) is 11.5 Å². The van der Waals surface area contributed by atoms with Crippen LogP contribution in [0.2, 0.25) is 0 Å². The zero-order valence-corrected chi connectivity index (χ0v) is 10.9. The lowest BCUT2D eigenvalue weighted by Crippen LogP contribution is -2.29. The number of hydrazine groups is 1. The summed E-state index contributed by atoms with van der Waals surface area (Å²) in [5.74, 6) is 6.30. The van der Waals surface area contributed by atoms with Crippen molar-refractivity contribution in [2.24, 2.45) is 5.84 Å². The monoisotopic (exact) mass is 268 g/mol. The molecule has 0 amide bonds. The molecule has 0 spiro atoms. The van der Waals surface area contributed by atoms with Crippen LogP contribution in [0.1, 0.15) is 18.0 Å². The molecule has 0 saturated carbocycles. The van der Waals surface area contributed by atoms with Crippen molar-refractivity contribution in [3.05, 3.63) is 41.7 Å². The molecule has 6 heteroatoms. The number of hydrogen-bond donors (Lipinski definition) is 2. The molecule has 5 nitrogen and oxygen atoms in total. The van der Waals surface area contributed by atoms with Crippen LogP contribution < -0.4 is 11.3 Å². The Morgan fingerprint density at radius 3 is 2.44 bits per heavy atom. The van der Waals surface area contributed by atoms with E-state index < -0.39 is 9.84 Å². The Morgan fingerprint density at radius 1 is 1.33 bits per heavy atom. The molecule has 0 aliphatic carbocycles. The van der Waals surface area contributed by atoms with E-state index in [2.05, 4.69) is 5.43 Å².